The number of imidazole rings is 1. The normalized spacial score (nSPS) is 28.2. The Hall–Kier alpha value is -0.910. The average molecular weight is 236 g/mol. The van der Waals surface area contributed by atoms with Gasteiger partial charge in [0.1, 0.15) is 0 Å². The Labute approximate surface area is 101 Å². The highest BCUT2D eigenvalue weighted by Gasteiger charge is 2.20. The third kappa shape index (κ3) is 2.68. The first-order valence-electron chi connectivity index (χ1n) is 6.45. The topological polar surface area (TPSA) is 62.0 Å². The SMILES string of the molecule is c1nc2c([nH]1)CNC(CNCC1CCOC1)C2. The van der Waals surface area contributed by atoms with E-state index in [1.54, 1.807) is 6.33 Å². The molecular weight excluding hydrogens is 216 g/mol. The Kier molecular flexibility index (Phi) is 3.40. The van der Waals surface area contributed by atoms with Crippen molar-refractivity contribution in [2.45, 2.75) is 25.4 Å². The van der Waals surface area contributed by atoms with Gasteiger partial charge in [0.2, 0.25) is 0 Å². The lowest BCUT2D eigenvalue weighted by Gasteiger charge is -2.23. The van der Waals surface area contributed by atoms with Gasteiger partial charge in [-0.1, -0.05) is 0 Å². The fraction of sp³-hybridized carbons (Fsp3) is 0.750. The summed E-state index contributed by atoms with van der Waals surface area (Å²) in [6.45, 7) is 4.86. The summed E-state index contributed by atoms with van der Waals surface area (Å²) < 4.78 is 5.37. The number of hydrogen-bond acceptors (Lipinski definition) is 4. The fourth-order valence-corrected chi connectivity index (χ4v) is 2.58. The molecule has 0 amide bonds. The summed E-state index contributed by atoms with van der Waals surface area (Å²) in [7, 11) is 0. The number of aromatic nitrogens is 2. The molecule has 5 nitrogen and oxygen atoms in total. The molecular formula is C12H20N4O. The van der Waals surface area contributed by atoms with E-state index in [1.807, 2.05) is 0 Å². The molecule has 5 heteroatoms. The molecule has 1 aromatic rings. The first kappa shape index (κ1) is 11.2. The quantitative estimate of drug-likeness (QED) is 0.691. The molecule has 0 saturated carbocycles. The van der Waals surface area contributed by atoms with Crippen LogP contribution in [0, 0.1) is 5.92 Å². The zero-order valence-corrected chi connectivity index (χ0v) is 10.0. The van der Waals surface area contributed by atoms with Crippen molar-refractivity contribution in [1.82, 2.24) is 20.6 Å². The highest BCUT2D eigenvalue weighted by Crippen LogP contribution is 2.13. The first-order chi connectivity index (χ1) is 8.42. The van der Waals surface area contributed by atoms with E-state index in [0.29, 0.717) is 12.0 Å². The van der Waals surface area contributed by atoms with Crippen molar-refractivity contribution in [2.24, 2.45) is 5.92 Å². The number of nitrogens with one attached hydrogen (secondary N) is 3. The zero-order valence-electron chi connectivity index (χ0n) is 10.0. The van der Waals surface area contributed by atoms with Gasteiger partial charge < -0.3 is 20.4 Å². The van der Waals surface area contributed by atoms with Crippen LogP contribution < -0.4 is 10.6 Å². The molecule has 17 heavy (non-hydrogen) atoms. The van der Waals surface area contributed by atoms with Gasteiger partial charge in [-0.3, -0.25) is 0 Å². The van der Waals surface area contributed by atoms with Gasteiger partial charge in [0.25, 0.3) is 0 Å². The molecule has 3 heterocycles. The lowest BCUT2D eigenvalue weighted by molar-refractivity contribution is 0.185. The minimum absolute atomic E-state index is 0.508. The Balaban J connectivity index is 1.41. The number of fused-ring (bicyclic) bond motifs is 1. The second kappa shape index (κ2) is 5.16. The Morgan fingerprint density at radius 2 is 2.47 bits per heavy atom. The lowest BCUT2D eigenvalue weighted by atomic mass is 10.0. The maximum Gasteiger partial charge on any atom is 0.0925 e. The average Bonchev–Trinajstić information content (AvgIpc) is 2.98. The van der Waals surface area contributed by atoms with Gasteiger partial charge in [0, 0.05) is 38.7 Å². The van der Waals surface area contributed by atoms with E-state index in [0.717, 1.165) is 39.3 Å². The number of nitrogens with zero attached hydrogens (tertiary/aromatic N) is 1. The van der Waals surface area contributed by atoms with Gasteiger partial charge in [-0.2, -0.15) is 0 Å². The van der Waals surface area contributed by atoms with Crippen LogP contribution in [0.5, 0.6) is 0 Å². The molecule has 1 aromatic heterocycles. The van der Waals surface area contributed by atoms with Crippen molar-refractivity contribution in [3.05, 3.63) is 17.7 Å². The van der Waals surface area contributed by atoms with Crippen molar-refractivity contribution >= 4 is 0 Å². The van der Waals surface area contributed by atoms with E-state index in [1.165, 1.54) is 17.8 Å². The standard InChI is InChI=1S/C12H20N4O/c1-2-17-7-9(1)4-13-5-10-3-11-12(6-14-10)16-8-15-11/h8-10,13-14H,1-7H2,(H,15,16). The van der Waals surface area contributed by atoms with Gasteiger partial charge in [0.05, 0.1) is 24.3 Å². The summed E-state index contributed by atoms with van der Waals surface area (Å²) in [5.74, 6) is 0.708. The Morgan fingerprint density at radius 1 is 1.47 bits per heavy atom. The number of aromatic amines is 1. The largest absolute Gasteiger partial charge is 0.381 e. The Morgan fingerprint density at radius 3 is 3.35 bits per heavy atom. The highest BCUT2D eigenvalue weighted by molar-refractivity contribution is 5.15. The van der Waals surface area contributed by atoms with Crippen molar-refractivity contribution in [3.63, 3.8) is 0 Å². The van der Waals surface area contributed by atoms with Crippen LogP contribution in [0.15, 0.2) is 6.33 Å². The van der Waals surface area contributed by atoms with Crippen LogP contribution in [-0.2, 0) is 17.7 Å². The molecule has 1 fully saturated rings. The number of H-pyrrole nitrogens is 1. The predicted octanol–water partition coefficient (Wildman–Crippen LogP) is 0.0501. The van der Waals surface area contributed by atoms with Crippen LogP contribution in [0.1, 0.15) is 17.8 Å². The van der Waals surface area contributed by atoms with Crippen LogP contribution in [0.3, 0.4) is 0 Å². The van der Waals surface area contributed by atoms with Gasteiger partial charge >= 0.3 is 0 Å². The molecule has 0 bridgehead atoms. The number of ether oxygens (including phenoxy) is 1. The molecule has 3 N–H and O–H groups in total. The van der Waals surface area contributed by atoms with Crippen LogP contribution in [0.2, 0.25) is 0 Å². The first-order valence-corrected chi connectivity index (χ1v) is 6.45. The monoisotopic (exact) mass is 236 g/mol. The van der Waals surface area contributed by atoms with E-state index in [-0.39, 0.29) is 0 Å². The zero-order chi connectivity index (χ0) is 11.5. The maximum atomic E-state index is 5.37. The molecule has 0 spiro atoms. The maximum absolute atomic E-state index is 5.37. The van der Waals surface area contributed by atoms with Crippen molar-refractivity contribution < 1.29 is 4.74 Å². The minimum atomic E-state index is 0.508. The van der Waals surface area contributed by atoms with Crippen LogP contribution in [0.4, 0.5) is 0 Å². The van der Waals surface area contributed by atoms with Crippen LogP contribution >= 0.6 is 0 Å². The summed E-state index contributed by atoms with van der Waals surface area (Å²) in [6, 6.07) is 0.508. The third-order valence-electron chi connectivity index (χ3n) is 3.66. The van der Waals surface area contributed by atoms with E-state index >= 15 is 0 Å². The number of rotatable bonds is 4. The third-order valence-corrected chi connectivity index (χ3v) is 3.66. The van der Waals surface area contributed by atoms with Gasteiger partial charge in [-0.15, -0.1) is 0 Å². The second-order valence-corrected chi connectivity index (χ2v) is 5.00. The van der Waals surface area contributed by atoms with E-state index in [9.17, 15) is 0 Å². The van der Waals surface area contributed by atoms with Crippen molar-refractivity contribution in [2.75, 3.05) is 26.3 Å². The van der Waals surface area contributed by atoms with Gasteiger partial charge in [-0.25, -0.2) is 4.98 Å². The molecule has 0 aromatic carbocycles. The molecule has 94 valence electrons. The molecule has 3 rings (SSSR count). The summed E-state index contributed by atoms with van der Waals surface area (Å²) in [4.78, 5) is 7.52. The lowest BCUT2D eigenvalue weighted by Crippen LogP contribution is -2.44. The minimum Gasteiger partial charge on any atom is -0.381 e. The molecule has 2 aliphatic rings. The predicted molar refractivity (Wildman–Crippen MR) is 64.7 cm³/mol. The Bertz CT molecular complexity index is 359. The summed E-state index contributed by atoms with van der Waals surface area (Å²) in [5.41, 5.74) is 2.46. The highest BCUT2D eigenvalue weighted by atomic mass is 16.5. The molecule has 1 saturated heterocycles. The fourth-order valence-electron chi connectivity index (χ4n) is 2.58. The molecule has 2 unspecified atom stereocenters. The smallest absolute Gasteiger partial charge is 0.0925 e. The van der Waals surface area contributed by atoms with E-state index < -0.39 is 0 Å². The number of hydrogen-bond donors (Lipinski definition) is 3. The van der Waals surface area contributed by atoms with Gasteiger partial charge in [-0.05, 0) is 12.3 Å². The van der Waals surface area contributed by atoms with Crippen molar-refractivity contribution in [1.29, 1.82) is 0 Å². The second-order valence-electron chi connectivity index (χ2n) is 5.00. The summed E-state index contributed by atoms with van der Waals surface area (Å²) in [5, 5.41) is 7.06. The van der Waals surface area contributed by atoms with Gasteiger partial charge in [0.15, 0.2) is 0 Å². The summed E-state index contributed by atoms with van der Waals surface area (Å²) >= 11 is 0. The molecule has 2 atom stereocenters. The molecule has 0 aliphatic carbocycles. The van der Waals surface area contributed by atoms with E-state index in [4.69, 9.17) is 4.74 Å². The summed E-state index contributed by atoms with van der Waals surface area (Å²) in [6.07, 6.45) is 4.01. The van der Waals surface area contributed by atoms with E-state index in [2.05, 4.69) is 20.6 Å². The molecule has 0 radical (unpaired) electrons. The van der Waals surface area contributed by atoms with Crippen molar-refractivity contribution in [3.8, 4) is 0 Å². The van der Waals surface area contributed by atoms with Crippen LogP contribution in [-0.4, -0.2) is 42.3 Å². The van der Waals surface area contributed by atoms with Crippen LogP contribution in [0.25, 0.3) is 0 Å². The molecule has 2 aliphatic heterocycles.